The van der Waals surface area contributed by atoms with Crippen LogP contribution in [0.4, 0.5) is 0 Å². The summed E-state index contributed by atoms with van der Waals surface area (Å²) in [6.45, 7) is 10.8. The molecular weight excluding hydrogens is 194 g/mol. The van der Waals surface area contributed by atoms with E-state index in [0.29, 0.717) is 6.04 Å². The van der Waals surface area contributed by atoms with E-state index in [1.54, 1.807) is 0 Å². The van der Waals surface area contributed by atoms with Gasteiger partial charge in [-0.1, -0.05) is 0 Å². The maximum Gasteiger partial charge on any atom is 0.0644 e. The molecule has 1 rings (SSSR count). The Labute approximate surface area is 92.5 Å². The zero-order valence-electron chi connectivity index (χ0n) is 9.91. The average molecular weight is 217 g/mol. The maximum atomic E-state index is 5.48. The lowest BCUT2D eigenvalue weighted by Gasteiger charge is -2.34. The lowest BCUT2D eigenvalue weighted by Crippen LogP contribution is -2.47. The summed E-state index contributed by atoms with van der Waals surface area (Å²) in [7, 11) is 0. The molecule has 0 atom stereocenters. The van der Waals surface area contributed by atoms with Crippen molar-refractivity contribution in [2.45, 2.75) is 19.9 Å². The van der Waals surface area contributed by atoms with Crippen molar-refractivity contribution in [1.29, 1.82) is 0 Å². The van der Waals surface area contributed by atoms with Crippen molar-refractivity contribution in [2.24, 2.45) is 0 Å². The summed E-state index contributed by atoms with van der Waals surface area (Å²) in [5, 5.41) is 0. The van der Waals surface area contributed by atoms with Crippen molar-refractivity contribution >= 4 is 0 Å². The molecule has 0 N–H and O–H groups in total. The third-order valence-corrected chi connectivity index (χ3v) is 2.59. The molecule has 0 aliphatic carbocycles. The quantitative estimate of drug-likeness (QED) is 0.630. The highest BCUT2D eigenvalue weighted by Gasteiger charge is 2.20. The molecule has 15 heavy (non-hydrogen) atoms. The predicted octanol–water partition coefficient (Wildman–Crippen LogP) is 0.760. The third-order valence-electron chi connectivity index (χ3n) is 2.59. The van der Waals surface area contributed by atoms with Crippen LogP contribution in [-0.4, -0.2) is 63.7 Å². The lowest BCUT2D eigenvalue weighted by molar-refractivity contribution is -0.0360. The van der Waals surface area contributed by atoms with Crippen LogP contribution in [0.25, 0.3) is 0 Å². The number of hydrogen-bond acceptors (Lipinski definition) is 4. The molecule has 0 amide bonds. The summed E-state index contributed by atoms with van der Waals surface area (Å²) in [5.41, 5.74) is 0. The van der Waals surface area contributed by atoms with E-state index in [1.807, 2.05) is 13.8 Å². The molecule has 0 spiro atoms. The molecule has 0 aromatic rings. The number of nitrogens with zero attached hydrogens (tertiary/aromatic N) is 1. The van der Waals surface area contributed by atoms with Crippen LogP contribution >= 0.6 is 0 Å². The molecule has 1 saturated heterocycles. The second kappa shape index (κ2) is 8.05. The Morgan fingerprint density at radius 2 is 1.60 bits per heavy atom. The van der Waals surface area contributed by atoms with Crippen molar-refractivity contribution < 1.29 is 14.2 Å². The van der Waals surface area contributed by atoms with Crippen LogP contribution in [-0.2, 0) is 14.2 Å². The number of morpholine rings is 1. The van der Waals surface area contributed by atoms with E-state index in [4.69, 9.17) is 14.2 Å². The first kappa shape index (κ1) is 12.9. The monoisotopic (exact) mass is 217 g/mol. The fourth-order valence-electron chi connectivity index (χ4n) is 1.71. The van der Waals surface area contributed by atoms with E-state index >= 15 is 0 Å². The van der Waals surface area contributed by atoms with Crippen LogP contribution in [0, 0.1) is 0 Å². The summed E-state index contributed by atoms with van der Waals surface area (Å²) < 4.78 is 16.3. The van der Waals surface area contributed by atoms with E-state index in [2.05, 4.69) is 4.90 Å². The Morgan fingerprint density at radius 1 is 1.07 bits per heavy atom. The van der Waals surface area contributed by atoms with Crippen LogP contribution in [0.15, 0.2) is 0 Å². The normalized spacial score (nSPS) is 18.6. The summed E-state index contributed by atoms with van der Waals surface area (Å²) >= 11 is 0. The first-order chi connectivity index (χ1) is 7.38. The van der Waals surface area contributed by atoms with Gasteiger partial charge in [-0.25, -0.2) is 0 Å². The highest BCUT2D eigenvalue weighted by Crippen LogP contribution is 2.05. The molecule has 0 aromatic heterocycles. The maximum absolute atomic E-state index is 5.48. The fraction of sp³-hybridized carbons (Fsp3) is 1.00. The van der Waals surface area contributed by atoms with Gasteiger partial charge in [0.25, 0.3) is 0 Å². The number of rotatable bonds is 7. The van der Waals surface area contributed by atoms with Crippen LogP contribution in [0.3, 0.4) is 0 Å². The van der Waals surface area contributed by atoms with Gasteiger partial charge in [0.15, 0.2) is 0 Å². The second-order valence-corrected chi connectivity index (χ2v) is 3.62. The Kier molecular flexibility index (Phi) is 6.92. The zero-order chi connectivity index (χ0) is 10.9. The minimum Gasteiger partial charge on any atom is -0.380 e. The van der Waals surface area contributed by atoms with Gasteiger partial charge >= 0.3 is 0 Å². The summed E-state index contributed by atoms with van der Waals surface area (Å²) in [4.78, 5) is 2.40. The van der Waals surface area contributed by atoms with Crippen LogP contribution < -0.4 is 0 Å². The SMILES string of the molecule is CCOCC(COCC)N1CCOCC1. The van der Waals surface area contributed by atoms with Gasteiger partial charge in [-0.3, -0.25) is 4.90 Å². The van der Waals surface area contributed by atoms with Gasteiger partial charge in [-0.05, 0) is 13.8 Å². The van der Waals surface area contributed by atoms with Crippen LogP contribution in [0.5, 0.6) is 0 Å². The molecule has 0 unspecified atom stereocenters. The predicted molar refractivity (Wildman–Crippen MR) is 59.2 cm³/mol. The highest BCUT2D eigenvalue weighted by atomic mass is 16.5. The zero-order valence-corrected chi connectivity index (χ0v) is 9.91. The molecular formula is C11H23NO3. The van der Waals surface area contributed by atoms with Gasteiger partial charge in [-0.2, -0.15) is 0 Å². The molecule has 1 heterocycles. The van der Waals surface area contributed by atoms with E-state index in [1.165, 1.54) is 0 Å². The van der Waals surface area contributed by atoms with Crippen molar-refractivity contribution in [1.82, 2.24) is 4.90 Å². The van der Waals surface area contributed by atoms with Crippen molar-refractivity contribution in [3.63, 3.8) is 0 Å². The second-order valence-electron chi connectivity index (χ2n) is 3.62. The first-order valence-electron chi connectivity index (χ1n) is 5.85. The summed E-state index contributed by atoms with van der Waals surface area (Å²) in [6.07, 6.45) is 0. The minimum atomic E-state index is 0.383. The highest BCUT2D eigenvalue weighted by molar-refractivity contribution is 4.73. The standard InChI is InChI=1S/C11H23NO3/c1-3-13-9-11(10-14-4-2)12-5-7-15-8-6-12/h11H,3-10H2,1-2H3. The molecule has 0 aromatic carbocycles. The number of hydrogen-bond donors (Lipinski definition) is 0. The Balaban J connectivity index is 2.30. The molecule has 1 fully saturated rings. The van der Waals surface area contributed by atoms with Gasteiger partial charge in [-0.15, -0.1) is 0 Å². The molecule has 1 aliphatic rings. The molecule has 4 heteroatoms. The van der Waals surface area contributed by atoms with Gasteiger partial charge in [0.2, 0.25) is 0 Å². The van der Waals surface area contributed by atoms with Crippen LogP contribution in [0.1, 0.15) is 13.8 Å². The minimum absolute atomic E-state index is 0.383. The number of ether oxygens (including phenoxy) is 3. The molecule has 0 saturated carbocycles. The molecule has 1 aliphatic heterocycles. The summed E-state index contributed by atoms with van der Waals surface area (Å²) in [5.74, 6) is 0. The van der Waals surface area contributed by atoms with Gasteiger partial charge in [0.1, 0.15) is 0 Å². The van der Waals surface area contributed by atoms with Crippen molar-refractivity contribution in [3.05, 3.63) is 0 Å². The van der Waals surface area contributed by atoms with Crippen molar-refractivity contribution in [2.75, 3.05) is 52.7 Å². The van der Waals surface area contributed by atoms with E-state index in [0.717, 1.165) is 52.7 Å². The van der Waals surface area contributed by atoms with Gasteiger partial charge in [0.05, 0.1) is 32.5 Å². The third kappa shape index (κ3) is 4.93. The summed E-state index contributed by atoms with van der Waals surface area (Å²) in [6, 6.07) is 0.383. The topological polar surface area (TPSA) is 30.9 Å². The Morgan fingerprint density at radius 3 is 2.07 bits per heavy atom. The molecule has 0 bridgehead atoms. The first-order valence-corrected chi connectivity index (χ1v) is 5.85. The smallest absolute Gasteiger partial charge is 0.0644 e. The Hall–Kier alpha value is -0.160. The van der Waals surface area contributed by atoms with Gasteiger partial charge in [0, 0.05) is 26.3 Å². The van der Waals surface area contributed by atoms with Crippen LogP contribution in [0.2, 0.25) is 0 Å². The molecule has 90 valence electrons. The van der Waals surface area contributed by atoms with Gasteiger partial charge < -0.3 is 14.2 Å². The fourth-order valence-corrected chi connectivity index (χ4v) is 1.71. The lowest BCUT2D eigenvalue weighted by atomic mass is 10.2. The molecule has 0 radical (unpaired) electrons. The van der Waals surface area contributed by atoms with Crippen molar-refractivity contribution in [3.8, 4) is 0 Å². The average Bonchev–Trinajstić information content (AvgIpc) is 2.30. The Bertz CT molecular complexity index is 141. The van der Waals surface area contributed by atoms with E-state index < -0.39 is 0 Å². The molecule has 4 nitrogen and oxygen atoms in total. The van der Waals surface area contributed by atoms with E-state index in [9.17, 15) is 0 Å². The van der Waals surface area contributed by atoms with E-state index in [-0.39, 0.29) is 0 Å². The largest absolute Gasteiger partial charge is 0.380 e.